The fourth-order valence-corrected chi connectivity index (χ4v) is 0.450. The highest BCUT2D eigenvalue weighted by molar-refractivity contribution is 5.37. The largest absolute Gasteiger partial charge is 0.455 e. The van der Waals surface area contributed by atoms with Crippen LogP contribution in [-0.2, 0) is 14.3 Å². The third-order valence-corrected chi connectivity index (χ3v) is 1.22. The third kappa shape index (κ3) is 5.56. The van der Waals surface area contributed by atoms with Gasteiger partial charge in [0.2, 0.25) is 0 Å². The highest BCUT2D eigenvalue weighted by Gasteiger charge is 1.96. The second-order valence-electron chi connectivity index (χ2n) is 2.02. The van der Waals surface area contributed by atoms with Gasteiger partial charge in [-0.15, -0.1) is 0 Å². The molecule has 0 fully saturated rings. The number of rotatable bonds is 6. The Hall–Kier alpha value is -0.570. The second-order valence-corrected chi connectivity index (χ2v) is 2.02. The first kappa shape index (κ1) is 9.43. The van der Waals surface area contributed by atoms with Crippen molar-refractivity contribution < 1.29 is 14.3 Å². The van der Waals surface area contributed by atoms with Crippen LogP contribution < -0.4 is 0 Å². The highest BCUT2D eigenvalue weighted by atomic mass is 16.5. The number of carbonyl (C=O) groups excluding carboxylic acids is 1. The smallest absolute Gasteiger partial charge is 0.417 e. The van der Waals surface area contributed by atoms with Crippen molar-refractivity contribution >= 4 is 6.47 Å². The predicted molar refractivity (Wildman–Crippen MR) is 37.4 cm³/mol. The average molecular weight is 145 g/mol. The maximum Gasteiger partial charge on any atom is 0.417 e. The number of hydrogen-bond donors (Lipinski definition) is 0. The van der Waals surface area contributed by atoms with E-state index in [-0.39, 0.29) is 6.10 Å². The van der Waals surface area contributed by atoms with E-state index in [1.54, 1.807) is 0 Å². The summed E-state index contributed by atoms with van der Waals surface area (Å²) in [6.07, 6.45) is 1.22. The summed E-state index contributed by atoms with van der Waals surface area (Å²) in [5.74, 6) is 0. The highest BCUT2D eigenvalue weighted by Crippen LogP contribution is 1.94. The molecule has 0 N–H and O–H groups in total. The Morgan fingerprint density at radius 3 is 2.70 bits per heavy atom. The molecule has 3 nitrogen and oxygen atoms in total. The van der Waals surface area contributed by atoms with Crippen molar-refractivity contribution in [2.75, 3.05) is 13.2 Å². The van der Waals surface area contributed by atoms with Crippen LogP contribution in [-0.4, -0.2) is 25.8 Å². The van der Waals surface area contributed by atoms with Gasteiger partial charge in [-0.1, -0.05) is 6.92 Å². The molecule has 0 aliphatic carbocycles. The first-order valence-electron chi connectivity index (χ1n) is 3.41. The Kier molecular flexibility index (Phi) is 6.18. The van der Waals surface area contributed by atoms with Gasteiger partial charge in [-0.2, -0.15) is 0 Å². The molecule has 0 aliphatic heterocycles. The van der Waals surface area contributed by atoms with Gasteiger partial charge in [0, 0.05) is 0 Å². The van der Waals surface area contributed by atoms with Crippen LogP contribution in [0.5, 0.6) is 0 Å². The minimum absolute atomic E-state index is 0.246. The maximum absolute atomic E-state index is 9.52. The standard InChI is InChI=1S/C7H13O3/c1-3-7(2)10-5-4-9-6-8/h7H,3-5H2,1-2H3. The van der Waals surface area contributed by atoms with E-state index in [1.807, 2.05) is 13.8 Å². The topological polar surface area (TPSA) is 35.5 Å². The van der Waals surface area contributed by atoms with Crippen molar-refractivity contribution in [2.24, 2.45) is 0 Å². The van der Waals surface area contributed by atoms with E-state index in [4.69, 9.17) is 4.74 Å². The predicted octanol–water partition coefficient (Wildman–Crippen LogP) is 0.885. The van der Waals surface area contributed by atoms with Crippen molar-refractivity contribution in [1.82, 2.24) is 0 Å². The Labute approximate surface area is 61.3 Å². The van der Waals surface area contributed by atoms with Gasteiger partial charge >= 0.3 is 6.47 Å². The molecule has 1 unspecified atom stereocenters. The SMILES string of the molecule is CCC(C)OCCO[C]=O. The van der Waals surface area contributed by atoms with Gasteiger partial charge in [-0.25, -0.2) is 4.79 Å². The van der Waals surface area contributed by atoms with Crippen LogP contribution in [0, 0.1) is 0 Å². The molecule has 1 atom stereocenters. The molecule has 0 amide bonds. The minimum atomic E-state index is 0.246. The van der Waals surface area contributed by atoms with E-state index in [1.165, 1.54) is 6.47 Å². The van der Waals surface area contributed by atoms with Crippen LogP contribution in [0.1, 0.15) is 20.3 Å². The van der Waals surface area contributed by atoms with E-state index in [0.29, 0.717) is 13.2 Å². The average Bonchev–Trinajstić information content (AvgIpc) is 1.98. The van der Waals surface area contributed by atoms with Gasteiger partial charge < -0.3 is 9.47 Å². The molecular formula is C7H13O3. The van der Waals surface area contributed by atoms with Gasteiger partial charge in [-0.05, 0) is 13.3 Å². The monoisotopic (exact) mass is 145 g/mol. The summed E-state index contributed by atoms with van der Waals surface area (Å²) >= 11 is 0. The molecule has 10 heavy (non-hydrogen) atoms. The summed E-state index contributed by atoms with van der Waals surface area (Å²) in [5.41, 5.74) is 0. The van der Waals surface area contributed by atoms with Gasteiger partial charge in [0.05, 0.1) is 12.7 Å². The first-order chi connectivity index (χ1) is 4.81. The Bertz CT molecular complexity index is 82.9. The van der Waals surface area contributed by atoms with Gasteiger partial charge in [0.1, 0.15) is 6.61 Å². The summed E-state index contributed by atoms with van der Waals surface area (Å²) in [5, 5.41) is 0. The second kappa shape index (κ2) is 6.55. The molecular weight excluding hydrogens is 132 g/mol. The normalized spacial score (nSPS) is 12.6. The van der Waals surface area contributed by atoms with Gasteiger partial charge in [-0.3, -0.25) is 0 Å². The first-order valence-corrected chi connectivity index (χ1v) is 3.41. The third-order valence-electron chi connectivity index (χ3n) is 1.22. The summed E-state index contributed by atoms with van der Waals surface area (Å²) in [4.78, 5) is 9.52. The molecule has 1 radical (unpaired) electrons. The van der Waals surface area contributed by atoms with Gasteiger partial charge in [0.25, 0.3) is 0 Å². The summed E-state index contributed by atoms with van der Waals surface area (Å²) < 4.78 is 9.49. The molecule has 0 saturated heterocycles. The zero-order chi connectivity index (χ0) is 7.82. The molecule has 0 aliphatic rings. The molecule has 3 heteroatoms. The fourth-order valence-electron chi connectivity index (χ4n) is 0.450. The summed E-state index contributed by atoms with van der Waals surface area (Å²) in [7, 11) is 0. The molecule has 0 aromatic carbocycles. The van der Waals surface area contributed by atoms with Crippen molar-refractivity contribution in [3.8, 4) is 0 Å². The lowest BCUT2D eigenvalue weighted by Gasteiger charge is -2.08. The van der Waals surface area contributed by atoms with Crippen molar-refractivity contribution in [2.45, 2.75) is 26.4 Å². The summed E-state index contributed by atoms with van der Waals surface area (Å²) in [6.45, 7) is 6.11. The van der Waals surface area contributed by atoms with E-state index < -0.39 is 0 Å². The van der Waals surface area contributed by atoms with E-state index in [0.717, 1.165) is 6.42 Å². The van der Waals surface area contributed by atoms with E-state index in [2.05, 4.69) is 4.74 Å². The Balaban J connectivity index is 2.95. The maximum atomic E-state index is 9.52. The molecule has 59 valence electrons. The quantitative estimate of drug-likeness (QED) is 0.520. The number of ether oxygens (including phenoxy) is 2. The molecule has 0 saturated carbocycles. The van der Waals surface area contributed by atoms with Crippen LogP contribution in [0.15, 0.2) is 0 Å². The molecule has 0 heterocycles. The van der Waals surface area contributed by atoms with Crippen molar-refractivity contribution in [1.29, 1.82) is 0 Å². The van der Waals surface area contributed by atoms with Gasteiger partial charge in [0.15, 0.2) is 0 Å². The Morgan fingerprint density at radius 1 is 1.50 bits per heavy atom. The fraction of sp³-hybridized carbons (Fsp3) is 0.857. The van der Waals surface area contributed by atoms with Crippen molar-refractivity contribution in [3.63, 3.8) is 0 Å². The van der Waals surface area contributed by atoms with Crippen LogP contribution in [0.2, 0.25) is 0 Å². The lowest BCUT2D eigenvalue weighted by Crippen LogP contribution is -2.11. The molecule has 0 aromatic rings. The molecule has 0 bridgehead atoms. The van der Waals surface area contributed by atoms with E-state index >= 15 is 0 Å². The molecule has 0 aromatic heterocycles. The molecule has 0 rings (SSSR count). The van der Waals surface area contributed by atoms with Crippen LogP contribution in [0.4, 0.5) is 0 Å². The zero-order valence-electron chi connectivity index (χ0n) is 6.42. The lowest BCUT2D eigenvalue weighted by atomic mass is 10.3. The van der Waals surface area contributed by atoms with Crippen LogP contribution >= 0.6 is 0 Å². The van der Waals surface area contributed by atoms with Crippen LogP contribution in [0.3, 0.4) is 0 Å². The minimum Gasteiger partial charge on any atom is -0.455 e. The van der Waals surface area contributed by atoms with Crippen molar-refractivity contribution in [3.05, 3.63) is 0 Å². The number of hydrogen-bond acceptors (Lipinski definition) is 3. The van der Waals surface area contributed by atoms with E-state index in [9.17, 15) is 4.79 Å². The zero-order valence-corrected chi connectivity index (χ0v) is 6.42. The summed E-state index contributed by atoms with van der Waals surface area (Å²) in [6, 6.07) is 0. The Morgan fingerprint density at radius 2 is 2.20 bits per heavy atom. The lowest BCUT2D eigenvalue weighted by molar-refractivity contribution is 0.0395. The van der Waals surface area contributed by atoms with Crippen LogP contribution in [0.25, 0.3) is 0 Å². The molecule has 0 spiro atoms.